The molecule has 22 heavy (non-hydrogen) atoms. The number of para-hydroxylation sites is 1. The van der Waals surface area contributed by atoms with Gasteiger partial charge in [-0.25, -0.2) is 0 Å². The lowest BCUT2D eigenvalue weighted by Gasteiger charge is -2.07. The number of methoxy groups -OCH3 is 2. The molecule has 6 heteroatoms. The molecule has 0 atom stereocenters. The third kappa shape index (κ3) is 3.75. The summed E-state index contributed by atoms with van der Waals surface area (Å²) in [4.78, 5) is 17.0. The third-order valence-electron chi connectivity index (χ3n) is 3.37. The van der Waals surface area contributed by atoms with Gasteiger partial charge in [-0.3, -0.25) is 4.79 Å². The first kappa shape index (κ1) is 16.7. The third-order valence-corrected chi connectivity index (χ3v) is 4.41. The van der Waals surface area contributed by atoms with Gasteiger partial charge in [-0.15, -0.1) is 0 Å². The van der Waals surface area contributed by atoms with Crippen LogP contribution in [0.1, 0.15) is 26.2 Å². The Morgan fingerprint density at radius 2 is 2.18 bits per heavy atom. The Morgan fingerprint density at radius 3 is 2.86 bits per heavy atom. The number of unbranched alkanes of at least 4 members (excludes halogenated alkanes) is 1. The Balaban J connectivity index is 2.52. The van der Waals surface area contributed by atoms with Crippen LogP contribution in [0.5, 0.6) is 5.75 Å². The number of amides is 1. The second-order valence-corrected chi connectivity index (χ2v) is 5.95. The van der Waals surface area contributed by atoms with Crippen molar-refractivity contribution in [3.05, 3.63) is 23.0 Å². The number of rotatable bonds is 7. The fraction of sp³-hybridized carbons (Fsp3) is 0.500. The monoisotopic (exact) mass is 322 g/mol. The van der Waals surface area contributed by atoms with E-state index in [0.717, 1.165) is 28.8 Å². The van der Waals surface area contributed by atoms with Crippen molar-refractivity contribution in [1.29, 1.82) is 0 Å². The summed E-state index contributed by atoms with van der Waals surface area (Å²) in [5.74, 6) is 0.714. The summed E-state index contributed by atoms with van der Waals surface area (Å²) in [5.41, 5.74) is 0.967. The molecule has 1 aromatic heterocycles. The van der Waals surface area contributed by atoms with Crippen LogP contribution in [-0.4, -0.2) is 31.3 Å². The summed E-state index contributed by atoms with van der Waals surface area (Å²) < 4.78 is 13.7. The van der Waals surface area contributed by atoms with Gasteiger partial charge in [0.25, 0.3) is 0 Å². The van der Waals surface area contributed by atoms with Gasteiger partial charge in [-0.2, -0.15) is 4.99 Å². The van der Waals surface area contributed by atoms with Crippen LogP contribution in [0.25, 0.3) is 10.2 Å². The molecule has 2 rings (SSSR count). The number of carbonyl (C=O) groups excluding carboxylic acids is 1. The highest BCUT2D eigenvalue weighted by molar-refractivity contribution is 7.16. The summed E-state index contributed by atoms with van der Waals surface area (Å²) in [5, 5.41) is 0. The van der Waals surface area contributed by atoms with Crippen molar-refractivity contribution in [2.75, 3.05) is 20.8 Å². The molecule has 5 nitrogen and oxygen atoms in total. The molecular formula is C16H22N2O3S. The van der Waals surface area contributed by atoms with Gasteiger partial charge < -0.3 is 14.0 Å². The summed E-state index contributed by atoms with van der Waals surface area (Å²) in [6, 6.07) is 5.88. The number of fused-ring (bicyclic) bond motifs is 1. The van der Waals surface area contributed by atoms with E-state index in [1.54, 1.807) is 14.2 Å². The van der Waals surface area contributed by atoms with Crippen LogP contribution in [0, 0.1) is 0 Å². The van der Waals surface area contributed by atoms with E-state index in [1.165, 1.54) is 11.3 Å². The topological polar surface area (TPSA) is 52.8 Å². The average Bonchev–Trinajstić information content (AvgIpc) is 2.87. The molecular weight excluding hydrogens is 300 g/mol. The molecule has 0 bridgehead atoms. The smallest absolute Gasteiger partial charge is 0.248 e. The fourth-order valence-electron chi connectivity index (χ4n) is 2.23. The average molecular weight is 322 g/mol. The van der Waals surface area contributed by atoms with Gasteiger partial charge in [0.15, 0.2) is 4.80 Å². The van der Waals surface area contributed by atoms with E-state index in [9.17, 15) is 4.79 Å². The molecule has 0 unspecified atom stereocenters. The maximum Gasteiger partial charge on any atom is 0.248 e. The van der Waals surface area contributed by atoms with Gasteiger partial charge in [-0.1, -0.05) is 30.7 Å². The van der Waals surface area contributed by atoms with Crippen LogP contribution in [0.2, 0.25) is 0 Å². The van der Waals surface area contributed by atoms with Gasteiger partial charge in [0.2, 0.25) is 5.91 Å². The van der Waals surface area contributed by atoms with Crippen LogP contribution < -0.4 is 9.54 Å². The standard InChI is InChI=1S/C16H22N2O3S/c1-4-5-9-14(19)17-16-18(10-11-20-2)15-12(21-3)7-6-8-13(15)22-16/h6-8H,4-5,9-11H2,1-3H3. The first-order valence-corrected chi connectivity index (χ1v) is 8.25. The van der Waals surface area contributed by atoms with E-state index in [2.05, 4.69) is 11.9 Å². The van der Waals surface area contributed by atoms with Crippen LogP contribution in [0.4, 0.5) is 0 Å². The van der Waals surface area contributed by atoms with Crippen molar-refractivity contribution in [1.82, 2.24) is 4.57 Å². The highest BCUT2D eigenvalue weighted by Crippen LogP contribution is 2.27. The molecule has 0 radical (unpaired) electrons. The minimum atomic E-state index is -0.0708. The first-order chi connectivity index (χ1) is 10.7. The Kier molecular flexibility index (Phi) is 6.15. The predicted octanol–water partition coefficient (Wildman–Crippen LogP) is 2.98. The molecule has 0 saturated carbocycles. The first-order valence-electron chi connectivity index (χ1n) is 7.44. The highest BCUT2D eigenvalue weighted by atomic mass is 32.1. The lowest BCUT2D eigenvalue weighted by Crippen LogP contribution is -2.19. The van der Waals surface area contributed by atoms with Crippen LogP contribution in [0.15, 0.2) is 23.2 Å². The lowest BCUT2D eigenvalue weighted by atomic mass is 10.2. The Bertz CT molecular complexity index is 703. The van der Waals surface area contributed by atoms with Crippen molar-refractivity contribution < 1.29 is 14.3 Å². The van der Waals surface area contributed by atoms with Gasteiger partial charge >= 0.3 is 0 Å². The summed E-state index contributed by atoms with van der Waals surface area (Å²) >= 11 is 1.51. The van der Waals surface area contributed by atoms with E-state index in [0.29, 0.717) is 24.4 Å². The van der Waals surface area contributed by atoms with E-state index in [4.69, 9.17) is 9.47 Å². The zero-order valence-corrected chi connectivity index (χ0v) is 14.1. The van der Waals surface area contributed by atoms with Crippen LogP contribution in [0.3, 0.4) is 0 Å². The number of thiazole rings is 1. The van der Waals surface area contributed by atoms with E-state index in [-0.39, 0.29) is 5.91 Å². The number of aromatic nitrogens is 1. The highest BCUT2D eigenvalue weighted by Gasteiger charge is 2.12. The largest absolute Gasteiger partial charge is 0.495 e. The summed E-state index contributed by atoms with van der Waals surface area (Å²) in [6.45, 7) is 3.26. The quantitative estimate of drug-likeness (QED) is 0.787. The summed E-state index contributed by atoms with van der Waals surface area (Å²) in [6.07, 6.45) is 2.35. The summed E-state index contributed by atoms with van der Waals surface area (Å²) in [7, 11) is 3.31. The SMILES string of the molecule is CCCCC(=O)N=c1sc2cccc(OC)c2n1CCOC. The molecule has 120 valence electrons. The number of benzene rings is 1. The Hall–Kier alpha value is -1.66. The molecule has 0 fully saturated rings. The molecule has 0 N–H and O–H groups in total. The van der Waals surface area contributed by atoms with Gasteiger partial charge in [0.05, 0.1) is 18.4 Å². The maximum absolute atomic E-state index is 12.0. The molecule has 0 aliphatic carbocycles. The zero-order valence-electron chi connectivity index (χ0n) is 13.3. The van der Waals surface area contributed by atoms with E-state index in [1.807, 2.05) is 22.8 Å². The van der Waals surface area contributed by atoms with Crippen molar-refractivity contribution in [3.63, 3.8) is 0 Å². The number of hydrogen-bond acceptors (Lipinski definition) is 4. The molecule has 0 saturated heterocycles. The van der Waals surface area contributed by atoms with Crippen molar-refractivity contribution in [2.45, 2.75) is 32.7 Å². The molecule has 2 aromatic rings. The maximum atomic E-state index is 12.0. The van der Waals surface area contributed by atoms with Gasteiger partial charge in [0, 0.05) is 20.1 Å². The molecule has 0 aliphatic rings. The second-order valence-electron chi connectivity index (χ2n) is 4.95. The number of ether oxygens (including phenoxy) is 2. The van der Waals surface area contributed by atoms with Crippen molar-refractivity contribution >= 4 is 27.5 Å². The number of hydrogen-bond donors (Lipinski definition) is 0. The Morgan fingerprint density at radius 1 is 1.36 bits per heavy atom. The molecule has 0 aliphatic heterocycles. The van der Waals surface area contributed by atoms with Gasteiger partial charge in [-0.05, 0) is 18.6 Å². The fourth-order valence-corrected chi connectivity index (χ4v) is 3.32. The second kappa shape index (κ2) is 8.10. The van der Waals surface area contributed by atoms with Crippen molar-refractivity contribution in [3.8, 4) is 5.75 Å². The normalized spacial score (nSPS) is 12.0. The van der Waals surface area contributed by atoms with E-state index >= 15 is 0 Å². The Labute approximate surface area is 134 Å². The number of carbonyl (C=O) groups is 1. The molecule has 1 heterocycles. The van der Waals surface area contributed by atoms with Gasteiger partial charge in [0.1, 0.15) is 11.3 Å². The lowest BCUT2D eigenvalue weighted by molar-refractivity contribution is -0.118. The minimum absolute atomic E-state index is 0.0708. The molecule has 0 spiro atoms. The molecule has 1 amide bonds. The number of nitrogens with zero attached hydrogens (tertiary/aromatic N) is 2. The predicted molar refractivity (Wildman–Crippen MR) is 88.3 cm³/mol. The van der Waals surface area contributed by atoms with E-state index < -0.39 is 0 Å². The van der Waals surface area contributed by atoms with Crippen LogP contribution >= 0.6 is 11.3 Å². The van der Waals surface area contributed by atoms with Crippen molar-refractivity contribution in [2.24, 2.45) is 4.99 Å². The minimum Gasteiger partial charge on any atom is -0.495 e. The zero-order chi connectivity index (χ0) is 15.9. The molecule has 1 aromatic carbocycles. The van der Waals surface area contributed by atoms with Crippen LogP contribution in [-0.2, 0) is 16.1 Å².